The van der Waals surface area contributed by atoms with Gasteiger partial charge in [-0.2, -0.15) is 0 Å². The lowest BCUT2D eigenvalue weighted by Crippen LogP contribution is -2.44. The van der Waals surface area contributed by atoms with Crippen molar-refractivity contribution in [3.8, 4) is 11.1 Å². The van der Waals surface area contributed by atoms with E-state index in [4.69, 9.17) is 9.47 Å². The van der Waals surface area contributed by atoms with Crippen LogP contribution in [0.15, 0.2) is 169 Å². The molecule has 0 saturated carbocycles. The Morgan fingerprint density at radius 3 is 1.81 bits per heavy atom. The van der Waals surface area contributed by atoms with Crippen molar-refractivity contribution in [2.24, 2.45) is 5.92 Å². The summed E-state index contributed by atoms with van der Waals surface area (Å²) in [5.41, 5.74) is 8.05. The smallest absolute Gasteiger partial charge is 0.240 e. The number of ether oxygens (including phenoxy) is 2. The van der Waals surface area contributed by atoms with Gasteiger partial charge in [-0.1, -0.05) is 146 Å². The highest BCUT2D eigenvalue weighted by atomic mass is 32.2. The summed E-state index contributed by atoms with van der Waals surface area (Å²) in [6, 6.07) is 53.6. The van der Waals surface area contributed by atoms with Gasteiger partial charge in [-0.05, 0) is 63.2 Å². The summed E-state index contributed by atoms with van der Waals surface area (Å²) < 4.78 is 42.3. The van der Waals surface area contributed by atoms with Gasteiger partial charge in [-0.3, -0.25) is 4.90 Å². The fraction of sp³-hybridized carbons (Fsp3) is 0.217. The van der Waals surface area contributed by atoms with Gasteiger partial charge in [-0.15, -0.1) is 0 Å². The van der Waals surface area contributed by atoms with Gasteiger partial charge >= 0.3 is 0 Å². The monoisotopic (exact) mass is 738 g/mol. The molecular formula is C46H46N2O5S. The molecule has 1 aliphatic heterocycles. The van der Waals surface area contributed by atoms with Crippen LogP contribution < -0.4 is 4.72 Å². The number of aliphatic hydroxyl groups excluding tert-OH is 1. The predicted octanol–water partition coefficient (Wildman–Crippen LogP) is 8.82. The van der Waals surface area contributed by atoms with Crippen LogP contribution in [0.2, 0.25) is 0 Å². The highest BCUT2D eigenvalue weighted by Gasteiger charge is 2.39. The van der Waals surface area contributed by atoms with Crippen molar-refractivity contribution < 1.29 is 23.0 Å². The van der Waals surface area contributed by atoms with E-state index in [2.05, 4.69) is 71.1 Å². The van der Waals surface area contributed by atoms with Crippen LogP contribution in [-0.2, 0) is 45.7 Å². The predicted molar refractivity (Wildman–Crippen MR) is 212 cm³/mol. The summed E-state index contributed by atoms with van der Waals surface area (Å²) >= 11 is 0. The van der Waals surface area contributed by atoms with E-state index < -0.39 is 16.3 Å². The fourth-order valence-electron chi connectivity index (χ4n) is 7.04. The Morgan fingerprint density at radius 2 is 1.19 bits per heavy atom. The first-order chi connectivity index (χ1) is 26.3. The number of rotatable bonds is 14. The molecule has 1 fully saturated rings. The molecule has 1 saturated heterocycles. The number of benzene rings is 6. The third kappa shape index (κ3) is 9.40. The third-order valence-corrected chi connectivity index (χ3v) is 11.4. The summed E-state index contributed by atoms with van der Waals surface area (Å²) in [6.45, 7) is 4.59. The van der Waals surface area contributed by atoms with Crippen LogP contribution >= 0.6 is 0 Å². The van der Waals surface area contributed by atoms with Crippen LogP contribution in [0, 0.1) is 5.92 Å². The van der Waals surface area contributed by atoms with Crippen LogP contribution in [0.3, 0.4) is 0 Å². The fourth-order valence-corrected chi connectivity index (χ4v) is 8.08. The van der Waals surface area contributed by atoms with E-state index in [1.165, 1.54) is 11.1 Å². The number of hydrogen-bond donors (Lipinski definition) is 2. The average Bonchev–Trinajstić information content (AvgIpc) is 3.22. The number of aliphatic hydroxyl groups is 1. The maximum atomic E-state index is 12.9. The molecular weight excluding hydrogens is 693 g/mol. The lowest BCUT2D eigenvalue weighted by atomic mass is 9.89. The lowest BCUT2D eigenvalue weighted by molar-refractivity contribution is -0.276. The topological polar surface area (TPSA) is 88.1 Å². The zero-order valence-corrected chi connectivity index (χ0v) is 31.2. The Kier molecular flexibility index (Phi) is 12.1. The molecule has 276 valence electrons. The van der Waals surface area contributed by atoms with E-state index in [0.717, 1.165) is 46.5 Å². The zero-order chi connectivity index (χ0) is 37.3. The molecule has 7 rings (SSSR count). The lowest BCUT2D eigenvalue weighted by Gasteiger charge is -2.43. The van der Waals surface area contributed by atoms with Gasteiger partial charge in [0.25, 0.3) is 0 Å². The minimum Gasteiger partial charge on any atom is -0.392 e. The molecule has 0 radical (unpaired) electrons. The molecule has 2 N–H and O–H groups in total. The molecule has 54 heavy (non-hydrogen) atoms. The Hall–Kier alpha value is -4.93. The van der Waals surface area contributed by atoms with Crippen LogP contribution in [0.5, 0.6) is 0 Å². The van der Waals surface area contributed by atoms with Crippen LogP contribution in [-0.4, -0.2) is 31.1 Å². The molecule has 4 unspecified atom stereocenters. The molecule has 0 amide bonds. The van der Waals surface area contributed by atoms with E-state index in [0.29, 0.717) is 6.54 Å². The van der Waals surface area contributed by atoms with Crippen molar-refractivity contribution in [3.63, 3.8) is 0 Å². The van der Waals surface area contributed by atoms with Gasteiger partial charge in [0.1, 0.15) is 0 Å². The standard InChI is InChI=1S/C46H46N2O5S/c1-34-44(32-48(30-35-13-5-2-6-14-35)31-36-15-7-3-8-16-36)52-46(53-45(34)39-25-23-37(33-49)24-26-39)42-20-12-19-41(28-42)40-18-11-17-38(27-40)29-47-54(50,51)43-21-9-4-10-22-43/h2-28,34,44-47,49H,29-33H2,1H3. The number of nitrogens with zero attached hydrogens (tertiary/aromatic N) is 1. The van der Waals surface area contributed by atoms with Crippen LogP contribution in [0.4, 0.5) is 0 Å². The van der Waals surface area contributed by atoms with E-state index in [1.54, 1.807) is 30.3 Å². The summed E-state index contributed by atoms with van der Waals surface area (Å²) in [6.07, 6.45) is -1.05. The van der Waals surface area contributed by atoms with E-state index >= 15 is 0 Å². The quantitative estimate of drug-likeness (QED) is 0.116. The minimum absolute atomic E-state index is 0.0173. The van der Waals surface area contributed by atoms with Crippen molar-refractivity contribution in [3.05, 3.63) is 197 Å². The number of nitrogens with one attached hydrogen (secondary N) is 1. The number of sulfonamides is 1. The van der Waals surface area contributed by atoms with Gasteiger partial charge in [0, 0.05) is 37.7 Å². The molecule has 0 spiro atoms. The minimum atomic E-state index is -3.64. The van der Waals surface area contributed by atoms with Crippen molar-refractivity contribution in [1.29, 1.82) is 0 Å². The third-order valence-electron chi connectivity index (χ3n) is 10.00. The molecule has 0 bridgehead atoms. The summed E-state index contributed by atoms with van der Waals surface area (Å²) in [5.74, 6) is 0.0230. The molecule has 8 heteroatoms. The molecule has 6 aromatic carbocycles. The Morgan fingerprint density at radius 1 is 0.611 bits per heavy atom. The second kappa shape index (κ2) is 17.5. The SMILES string of the molecule is CC1C(CN(Cc2ccccc2)Cc2ccccc2)OC(c2cccc(-c3cccc(CNS(=O)(=O)c4ccccc4)c3)c2)OC1c1ccc(CO)cc1. The molecule has 0 aromatic heterocycles. The Bertz CT molecular complexity index is 2160. The van der Waals surface area contributed by atoms with Gasteiger partial charge in [0.2, 0.25) is 10.0 Å². The second-order valence-electron chi connectivity index (χ2n) is 13.9. The molecule has 4 atom stereocenters. The highest BCUT2D eigenvalue weighted by molar-refractivity contribution is 7.89. The van der Waals surface area contributed by atoms with Crippen LogP contribution in [0.1, 0.15) is 52.7 Å². The van der Waals surface area contributed by atoms with Gasteiger partial charge in [0.05, 0.1) is 23.7 Å². The highest BCUT2D eigenvalue weighted by Crippen LogP contribution is 2.42. The van der Waals surface area contributed by atoms with E-state index in [1.807, 2.05) is 78.9 Å². The molecule has 6 aromatic rings. The number of hydrogen-bond acceptors (Lipinski definition) is 6. The van der Waals surface area contributed by atoms with Crippen molar-refractivity contribution >= 4 is 10.0 Å². The largest absolute Gasteiger partial charge is 0.392 e. The van der Waals surface area contributed by atoms with Gasteiger partial charge < -0.3 is 14.6 Å². The maximum Gasteiger partial charge on any atom is 0.240 e. The summed E-state index contributed by atoms with van der Waals surface area (Å²) in [7, 11) is -3.64. The van der Waals surface area contributed by atoms with Crippen LogP contribution in [0.25, 0.3) is 11.1 Å². The van der Waals surface area contributed by atoms with Crippen molar-refractivity contribution in [1.82, 2.24) is 9.62 Å². The maximum absolute atomic E-state index is 12.9. The van der Waals surface area contributed by atoms with Gasteiger partial charge in [-0.25, -0.2) is 13.1 Å². The molecule has 0 aliphatic carbocycles. The van der Waals surface area contributed by atoms with E-state index in [-0.39, 0.29) is 36.2 Å². The van der Waals surface area contributed by atoms with E-state index in [9.17, 15) is 13.5 Å². The summed E-state index contributed by atoms with van der Waals surface area (Å²) in [4.78, 5) is 2.69. The molecule has 1 heterocycles. The summed E-state index contributed by atoms with van der Waals surface area (Å²) in [5, 5.41) is 9.73. The molecule has 7 nitrogen and oxygen atoms in total. The Labute approximate surface area is 318 Å². The molecule has 1 aliphatic rings. The average molecular weight is 739 g/mol. The Balaban J connectivity index is 1.15. The normalized spacial score (nSPS) is 18.8. The van der Waals surface area contributed by atoms with Gasteiger partial charge in [0.15, 0.2) is 6.29 Å². The van der Waals surface area contributed by atoms with Crippen molar-refractivity contribution in [2.45, 2.75) is 56.6 Å². The second-order valence-corrected chi connectivity index (χ2v) is 15.7. The van der Waals surface area contributed by atoms with Crippen molar-refractivity contribution in [2.75, 3.05) is 6.54 Å². The first-order valence-corrected chi connectivity index (χ1v) is 19.9. The zero-order valence-electron chi connectivity index (χ0n) is 30.4. The first kappa shape index (κ1) is 37.4. The first-order valence-electron chi connectivity index (χ1n) is 18.4.